The number of hydrogen-bond donors (Lipinski definition) is 2. The van der Waals surface area contributed by atoms with Crippen LogP contribution in [-0.4, -0.2) is 26.6 Å². The lowest BCUT2D eigenvalue weighted by molar-refractivity contribution is -0.119. The summed E-state index contributed by atoms with van der Waals surface area (Å²) < 4.78 is 25.4. The Kier molecular flexibility index (Phi) is 6.44. The topological polar surface area (TPSA) is 111 Å². The lowest BCUT2D eigenvalue weighted by Crippen LogP contribution is -2.24. The normalized spacial score (nSPS) is 11.6. The van der Waals surface area contributed by atoms with Crippen LogP contribution in [0, 0.1) is 5.82 Å². The molecule has 10 heteroatoms. The maximum Gasteiger partial charge on any atom is 0.291 e. The van der Waals surface area contributed by atoms with E-state index in [2.05, 4.69) is 20.7 Å². The van der Waals surface area contributed by atoms with Crippen molar-refractivity contribution in [2.75, 3.05) is 10.6 Å². The van der Waals surface area contributed by atoms with Gasteiger partial charge in [0.2, 0.25) is 5.91 Å². The summed E-state index contributed by atoms with van der Waals surface area (Å²) in [6.07, 6.45) is 2.83. The summed E-state index contributed by atoms with van der Waals surface area (Å²) in [6.45, 7) is 1.81. The van der Waals surface area contributed by atoms with Crippen LogP contribution in [0.5, 0.6) is 5.75 Å². The zero-order chi connectivity index (χ0) is 23.2. The maximum absolute atomic E-state index is 12.9. The highest BCUT2D eigenvalue weighted by Crippen LogP contribution is 2.18. The van der Waals surface area contributed by atoms with E-state index in [0.29, 0.717) is 22.9 Å². The molecule has 2 heterocycles. The first-order valence-electron chi connectivity index (χ1n) is 10.0. The Morgan fingerprint density at radius 1 is 1.03 bits per heavy atom. The molecule has 33 heavy (non-hydrogen) atoms. The number of carbonyl (C=O) groups excluding carboxylic acids is 2. The maximum atomic E-state index is 12.9. The third-order valence-electron chi connectivity index (χ3n) is 4.70. The predicted molar refractivity (Wildman–Crippen MR) is 117 cm³/mol. The van der Waals surface area contributed by atoms with Gasteiger partial charge in [0.05, 0.1) is 0 Å². The number of ether oxygens (including phenoxy) is 1. The number of furan rings is 1. The van der Waals surface area contributed by atoms with Crippen LogP contribution >= 0.6 is 0 Å². The van der Waals surface area contributed by atoms with Crippen molar-refractivity contribution in [1.29, 1.82) is 0 Å². The summed E-state index contributed by atoms with van der Waals surface area (Å²) in [5.41, 5.74) is 1.10. The van der Waals surface area contributed by atoms with E-state index in [0.717, 1.165) is 0 Å². The quantitative estimate of drug-likeness (QED) is 0.420. The standard InChI is InChI=1S/C23H20FN5O4/c1-15(29-14-25-13-26-29)22(30)27-17-4-6-18(7-5-17)28-23(31)21-11-10-20(33-21)12-32-19-8-2-16(24)3-9-19/h2-11,13-15H,12H2,1H3,(H,27,30)(H,28,31). The second-order valence-electron chi connectivity index (χ2n) is 7.08. The molecular weight excluding hydrogens is 429 g/mol. The van der Waals surface area contributed by atoms with Gasteiger partial charge in [-0.25, -0.2) is 14.1 Å². The van der Waals surface area contributed by atoms with Crippen LogP contribution < -0.4 is 15.4 Å². The zero-order valence-electron chi connectivity index (χ0n) is 17.6. The molecule has 2 amide bonds. The minimum atomic E-state index is -0.521. The van der Waals surface area contributed by atoms with E-state index in [1.807, 2.05) is 0 Å². The summed E-state index contributed by atoms with van der Waals surface area (Å²) in [6, 6.07) is 14.9. The van der Waals surface area contributed by atoms with E-state index in [1.165, 1.54) is 41.6 Å². The molecule has 2 N–H and O–H groups in total. The number of nitrogens with zero attached hydrogens (tertiary/aromatic N) is 3. The molecule has 0 spiro atoms. The molecule has 2 aromatic heterocycles. The number of halogens is 1. The van der Waals surface area contributed by atoms with E-state index in [1.54, 1.807) is 43.3 Å². The zero-order valence-corrected chi connectivity index (χ0v) is 17.6. The molecule has 0 radical (unpaired) electrons. The van der Waals surface area contributed by atoms with Crippen molar-refractivity contribution in [3.63, 3.8) is 0 Å². The Labute approximate surface area is 188 Å². The molecule has 0 aliphatic heterocycles. The monoisotopic (exact) mass is 449 g/mol. The molecule has 0 aliphatic carbocycles. The van der Waals surface area contributed by atoms with Crippen molar-refractivity contribution < 1.29 is 23.1 Å². The molecular formula is C23H20FN5O4. The van der Waals surface area contributed by atoms with Crippen LogP contribution in [0.3, 0.4) is 0 Å². The van der Waals surface area contributed by atoms with E-state index >= 15 is 0 Å². The highest BCUT2D eigenvalue weighted by molar-refractivity contribution is 6.02. The number of anilines is 2. The molecule has 168 valence electrons. The van der Waals surface area contributed by atoms with Crippen LogP contribution in [0.15, 0.2) is 77.7 Å². The van der Waals surface area contributed by atoms with Gasteiger partial charge in [-0.3, -0.25) is 9.59 Å². The van der Waals surface area contributed by atoms with Gasteiger partial charge < -0.3 is 19.8 Å². The number of rotatable bonds is 8. The largest absolute Gasteiger partial charge is 0.486 e. The number of nitrogens with one attached hydrogen (secondary N) is 2. The minimum Gasteiger partial charge on any atom is -0.486 e. The summed E-state index contributed by atoms with van der Waals surface area (Å²) in [7, 11) is 0. The number of benzene rings is 2. The van der Waals surface area contributed by atoms with Crippen molar-refractivity contribution in [2.24, 2.45) is 0 Å². The Hall–Kier alpha value is -4.47. The SMILES string of the molecule is CC(C(=O)Nc1ccc(NC(=O)c2ccc(COc3ccc(F)cc3)o2)cc1)n1cncn1. The number of hydrogen-bond acceptors (Lipinski definition) is 6. The van der Waals surface area contributed by atoms with Gasteiger partial charge >= 0.3 is 0 Å². The smallest absolute Gasteiger partial charge is 0.291 e. The molecule has 2 aromatic carbocycles. The Bertz CT molecular complexity index is 1220. The minimum absolute atomic E-state index is 0.0975. The van der Waals surface area contributed by atoms with Crippen molar-refractivity contribution in [3.05, 3.63) is 90.7 Å². The van der Waals surface area contributed by atoms with Gasteiger partial charge in [0.1, 0.15) is 42.6 Å². The molecule has 0 saturated heterocycles. The van der Waals surface area contributed by atoms with Gasteiger partial charge in [-0.1, -0.05) is 0 Å². The van der Waals surface area contributed by atoms with Gasteiger partial charge in [-0.05, 0) is 67.6 Å². The van der Waals surface area contributed by atoms with E-state index in [9.17, 15) is 14.0 Å². The van der Waals surface area contributed by atoms with E-state index in [-0.39, 0.29) is 24.1 Å². The number of carbonyl (C=O) groups is 2. The van der Waals surface area contributed by atoms with Gasteiger partial charge in [-0.2, -0.15) is 5.10 Å². The van der Waals surface area contributed by atoms with Crippen LogP contribution in [0.4, 0.5) is 15.8 Å². The summed E-state index contributed by atoms with van der Waals surface area (Å²) in [5.74, 6) is 0.0244. The highest BCUT2D eigenvalue weighted by Gasteiger charge is 2.16. The molecule has 1 atom stereocenters. The average Bonchev–Trinajstić information content (AvgIpc) is 3.52. The lowest BCUT2D eigenvalue weighted by Gasteiger charge is -2.12. The predicted octanol–water partition coefficient (Wildman–Crippen LogP) is 4.04. The summed E-state index contributed by atoms with van der Waals surface area (Å²) in [5, 5.41) is 9.46. The van der Waals surface area contributed by atoms with Crippen LogP contribution in [0.25, 0.3) is 0 Å². The Balaban J connectivity index is 1.29. The third kappa shape index (κ3) is 5.62. The van der Waals surface area contributed by atoms with E-state index in [4.69, 9.17) is 9.15 Å². The number of aromatic nitrogens is 3. The van der Waals surface area contributed by atoms with Crippen LogP contribution in [-0.2, 0) is 11.4 Å². The lowest BCUT2D eigenvalue weighted by atomic mass is 10.2. The number of amides is 2. The summed E-state index contributed by atoms with van der Waals surface area (Å²) >= 11 is 0. The molecule has 1 unspecified atom stereocenters. The van der Waals surface area contributed by atoms with Crippen LogP contribution in [0.1, 0.15) is 29.3 Å². The van der Waals surface area contributed by atoms with Crippen molar-refractivity contribution >= 4 is 23.2 Å². The van der Waals surface area contributed by atoms with Crippen molar-refractivity contribution in [2.45, 2.75) is 19.6 Å². The highest BCUT2D eigenvalue weighted by atomic mass is 19.1. The van der Waals surface area contributed by atoms with E-state index < -0.39 is 11.9 Å². The first-order valence-corrected chi connectivity index (χ1v) is 10.0. The first kappa shape index (κ1) is 21.8. The molecule has 0 saturated carbocycles. The Morgan fingerprint density at radius 3 is 2.39 bits per heavy atom. The van der Waals surface area contributed by atoms with Crippen LogP contribution in [0.2, 0.25) is 0 Å². The van der Waals surface area contributed by atoms with Crippen molar-refractivity contribution in [1.82, 2.24) is 14.8 Å². The first-order chi connectivity index (χ1) is 16.0. The molecule has 4 rings (SSSR count). The van der Waals surface area contributed by atoms with Gasteiger partial charge in [0.25, 0.3) is 5.91 Å². The van der Waals surface area contributed by atoms with Gasteiger partial charge in [0, 0.05) is 11.4 Å². The Morgan fingerprint density at radius 2 is 1.73 bits per heavy atom. The second-order valence-corrected chi connectivity index (χ2v) is 7.08. The molecule has 0 bridgehead atoms. The summed E-state index contributed by atoms with van der Waals surface area (Å²) in [4.78, 5) is 28.6. The molecule has 9 nitrogen and oxygen atoms in total. The van der Waals surface area contributed by atoms with Gasteiger partial charge in [-0.15, -0.1) is 0 Å². The van der Waals surface area contributed by atoms with Gasteiger partial charge in [0.15, 0.2) is 5.76 Å². The van der Waals surface area contributed by atoms with Crippen molar-refractivity contribution in [3.8, 4) is 5.75 Å². The molecule has 0 fully saturated rings. The molecule has 4 aromatic rings. The third-order valence-corrected chi connectivity index (χ3v) is 4.70. The average molecular weight is 449 g/mol. The fourth-order valence-corrected chi connectivity index (χ4v) is 2.88. The second kappa shape index (κ2) is 9.77. The molecule has 0 aliphatic rings. The fraction of sp³-hybridized carbons (Fsp3) is 0.130. The fourth-order valence-electron chi connectivity index (χ4n) is 2.88.